The van der Waals surface area contributed by atoms with Gasteiger partial charge in [0.25, 0.3) is 0 Å². The summed E-state index contributed by atoms with van der Waals surface area (Å²) in [4.78, 5) is 2.64. The standard InChI is InChI=1S/C16H29NS/c1-12(2)17-10-9-15(16(3,4)18-5)14(11-17)13-7-6-8-13/h9,12-14H,6-8,10-11H2,1-5H3. The van der Waals surface area contributed by atoms with Gasteiger partial charge in [-0.3, -0.25) is 4.90 Å². The van der Waals surface area contributed by atoms with Gasteiger partial charge in [-0.25, -0.2) is 0 Å². The monoisotopic (exact) mass is 267 g/mol. The molecule has 0 radical (unpaired) electrons. The van der Waals surface area contributed by atoms with Gasteiger partial charge >= 0.3 is 0 Å². The van der Waals surface area contributed by atoms with Gasteiger partial charge in [-0.2, -0.15) is 11.8 Å². The molecule has 2 rings (SSSR count). The highest BCUT2D eigenvalue weighted by molar-refractivity contribution is 8.00. The van der Waals surface area contributed by atoms with E-state index in [1.165, 1.54) is 25.8 Å². The molecule has 0 aromatic heterocycles. The molecule has 1 saturated carbocycles. The molecule has 0 aromatic carbocycles. The van der Waals surface area contributed by atoms with Gasteiger partial charge in [0.1, 0.15) is 0 Å². The number of hydrogen-bond acceptors (Lipinski definition) is 2. The fourth-order valence-electron chi connectivity index (χ4n) is 3.27. The lowest BCUT2D eigenvalue weighted by atomic mass is 9.69. The van der Waals surface area contributed by atoms with Crippen molar-refractivity contribution >= 4 is 11.8 Å². The molecule has 0 spiro atoms. The Kier molecular flexibility index (Phi) is 4.48. The van der Waals surface area contributed by atoms with Gasteiger partial charge in [0.15, 0.2) is 0 Å². The minimum absolute atomic E-state index is 0.323. The Hall–Kier alpha value is 0.0500. The van der Waals surface area contributed by atoms with Crippen molar-refractivity contribution in [1.29, 1.82) is 0 Å². The summed E-state index contributed by atoms with van der Waals surface area (Å²) >= 11 is 2.01. The number of rotatable bonds is 4. The molecule has 0 amide bonds. The highest BCUT2D eigenvalue weighted by atomic mass is 32.2. The van der Waals surface area contributed by atoms with Gasteiger partial charge in [-0.1, -0.05) is 18.1 Å². The van der Waals surface area contributed by atoms with Crippen molar-refractivity contribution in [2.24, 2.45) is 11.8 Å². The molecular formula is C16H29NS. The van der Waals surface area contributed by atoms with E-state index < -0.39 is 0 Å². The van der Waals surface area contributed by atoms with E-state index in [2.05, 4.69) is 44.9 Å². The van der Waals surface area contributed by atoms with Gasteiger partial charge in [0, 0.05) is 23.9 Å². The lowest BCUT2D eigenvalue weighted by Crippen LogP contribution is -2.46. The second-order valence-corrected chi connectivity index (χ2v) is 8.15. The van der Waals surface area contributed by atoms with Gasteiger partial charge < -0.3 is 0 Å². The zero-order valence-electron chi connectivity index (χ0n) is 12.7. The van der Waals surface area contributed by atoms with E-state index in [1.807, 2.05) is 11.8 Å². The summed E-state index contributed by atoms with van der Waals surface area (Å²) in [5, 5.41) is 0. The molecule has 1 unspecified atom stereocenters. The molecule has 104 valence electrons. The zero-order valence-corrected chi connectivity index (χ0v) is 13.5. The summed E-state index contributed by atoms with van der Waals surface area (Å²) in [6.07, 6.45) is 9.17. The molecule has 1 nitrogen and oxygen atoms in total. The molecule has 2 aliphatic rings. The van der Waals surface area contributed by atoms with Crippen LogP contribution < -0.4 is 0 Å². The fourth-order valence-corrected chi connectivity index (χ4v) is 3.74. The molecule has 0 N–H and O–H groups in total. The topological polar surface area (TPSA) is 3.24 Å². The quantitative estimate of drug-likeness (QED) is 0.703. The normalized spacial score (nSPS) is 27.2. The largest absolute Gasteiger partial charge is 0.297 e. The third-order valence-electron chi connectivity index (χ3n) is 5.03. The first-order valence-electron chi connectivity index (χ1n) is 7.45. The Morgan fingerprint density at radius 1 is 1.33 bits per heavy atom. The van der Waals surface area contributed by atoms with Crippen molar-refractivity contribution in [3.63, 3.8) is 0 Å². The average molecular weight is 267 g/mol. The predicted octanol–water partition coefficient (Wildman–Crippen LogP) is 4.19. The Morgan fingerprint density at radius 3 is 2.44 bits per heavy atom. The molecule has 1 heterocycles. The van der Waals surface area contributed by atoms with Crippen LogP contribution in [0.2, 0.25) is 0 Å². The second kappa shape index (κ2) is 5.58. The first-order valence-corrected chi connectivity index (χ1v) is 8.68. The molecule has 18 heavy (non-hydrogen) atoms. The van der Waals surface area contributed by atoms with Crippen molar-refractivity contribution in [3.8, 4) is 0 Å². The van der Waals surface area contributed by atoms with E-state index in [1.54, 1.807) is 5.57 Å². The fraction of sp³-hybridized carbons (Fsp3) is 0.875. The SMILES string of the molecule is CSC(C)(C)C1=CCN(C(C)C)CC1C1CCC1. The summed E-state index contributed by atoms with van der Waals surface area (Å²) in [6, 6.07) is 0.683. The molecule has 0 saturated heterocycles. The molecule has 1 fully saturated rings. The number of hydrogen-bond donors (Lipinski definition) is 0. The van der Waals surface area contributed by atoms with Crippen molar-refractivity contribution in [2.75, 3.05) is 19.3 Å². The van der Waals surface area contributed by atoms with Gasteiger partial charge in [-0.05, 0) is 58.6 Å². The van der Waals surface area contributed by atoms with Gasteiger partial charge in [0.2, 0.25) is 0 Å². The smallest absolute Gasteiger partial charge is 0.0312 e. The van der Waals surface area contributed by atoms with Crippen LogP contribution in [0.3, 0.4) is 0 Å². The van der Waals surface area contributed by atoms with Crippen LogP contribution in [0.5, 0.6) is 0 Å². The Bertz CT molecular complexity index is 315. The molecular weight excluding hydrogens is 238 g/mol. The lowest BCUT2D eigenvalue weighted by molar-refractivity contribution is 0.132. The highest BCUT2D eigenvalue weighted by Gasteiger charge is 2.39. The number of nitrogens with zero attached hydrogens (tertiary/aromatic N) is 1. The summed E-state index contributed by atoms with van der Waals surface area (Å²) < 4.78 is 0.323. The van der Waals surface area contributed by atoms with Crippen molar-refractivity contribution in [1.82, 2.24) is 4.90 Å². The third-order valence-corrected chi connectivity index (χ3v) is 6.29. The second-order valence-electron chi connectivity index (χ2n) is 6.72. The number of thioether (sulfide) groups is 1. The third kappa shape index (κ3) is 2.80. The summed E-state index contributed by atoms with van der Waals surface area (Å²) in [6.45, 7) is 11.9. The Balaban J connectivity index is 2.19. The average Bonchev–Trinajstić information content (AvgIpc) is 2.26. The highest BCUT2D eigenvalue weighted by Crippen LogP contribution is 2.45. The van der Waals surface area contributed by atoms with Crippen LogP contribution in [0.4, 0.5) is 0 Å². The van der Waals surface area contributed by atoms with E-state index in [4.69, 9.17) is 0 Å². The van der Waals surface area contributed by atoms with Gasteiger partial charge in [-0.15, -0.1) is 0 Å². The molecule has 0 aromatic rings. The van der Waals surface area contributed by atoms with Crippen molar-refractivity contribution in [3.05, 3.63) is 11.6 Å². The lowest BCUT2D eigenvalue weighted by Gasteiger charge is -2.46. The first-order chi connectivity index (χ1) is 8.45. The molecule has 2 heteroatoms. The summed E-state index contributed by atoms with van der Waals surface area (Å²) in [5.74, 6) is 1.78. The summed E-state index contributed by atoms with van der Waals surface area (Å²) in [7, 11) is 0. The van der Waals surface area contributed by atoms with Crippen LogP contribution >= 0.6 is 11.8 Å². The van der Waals surface area contributed by atoms with Crippen LogP contribution in [-0.2, 0) is 0 Å². The van der Waals surface area contributed by atoms with E-state index in [0.29, 0.717) is 10.8 Å². The van der Waals surface area contributed by atoms with E-state index in [9.17, 15) is 0 Å². The van der Waals surface area contributed by atoms with Crippen molar-refractivity contribution < 1.29 is 0 Å². The van der Waals surface area contributed by atoms with E-state index in [-0.39, 0.29) is 0 Å². The maximum atomic E-state index is 2.64. The Morgan fingerprint density at radius 2 is 2.00 bits per heavy atom. The van der Waals surface area contributed by atoms with Crippen LogP contribution in [0.1, 0.15) is 47.0 Å². The molecule has 1 atom stereocenters. The van der Waals surface area contributed by atoms with Crippen LogP contribution in [-0.4, -0.2) is 35.0 Å². The zero-order chi connectivity index (χ0) is 13.3. The molecule has 1 aliphatic heterocycles. The maximum absolute atomic E-state index is 2.64. The minimum Gasteiger partial charge on any atom is -0.297 e. The van der Waals surface area contributed by atoms with Gasteiger partial charge in [0.05, 0.1) is 0 Å². The van der Waals surface area contributed by atoms with Crippen LogP contribution in [0.15, 0.2) is 11.6 Å². The minimum atomic E-state index is 0.323. The Labute approximate surface area is 117 Å². The predicted molar refractivity (Wildman–Crippen MR) is 83.2 cm³/mol. The summed E-state index contributed by atoms with van der Waals surface area (Å²) in [5.41, 5.74) is 1.73. The van der Waals surface area contributed by atoms with Crippen molar-refractivity contribution in [2.45, 2.75) is 57.7 Å². The maximum Gasteiger partial charge on any atom is 0.0312 e. The van der Waals surface area contributed by atoms with Crippen LogP contribution in [0.25, 0.3) is 0 Å². The molecule has 1 aliphatic carbocycles. The van der Waals surface area contributed by atoms with Crippen LogP contribution in [0, 0.1) is 11.8 Å². The molecule has 0 bridgehead atoms. The first kappa shape index (κ1) is 14.5. The van der Waals surface area contributed by atoms with E-state index in [0.717, 1.165) is 18.4 Å². The van der Waals surface area contributed by atoms with E-state index >= 15 is 0 Å².